The molecule has 2 N–H and O–H groups in total. The molecule has 0 aromatic heterocycles. The van der Waals surface area contributed by atoms with E-state index in [0.717, 1.165) is 42.4 Å². The Morgan fingerprint density at radius 1 is 1.00 bits per heavy atom. The summed E-state index contributed by atoms with van der Waals surface area (Å²) in [6.45, 7) is 8.33. The van der Waals surface area contributed by atoms with Crippen LogP contribution in [0.2, 0.25) is 0 Å². The van der Waals surface area contributed by atoms with Crippen LogP contribution in [0.25, 0.3) is 0 Å². The first-order chi connectivity index (χ1) is 14.0. The summed E-state index contributed by atoms with van der Waals surface area (Å²) in [5.41, 5.74) is 6.99. The Morgan fingerprint density at radius 2 is 1.66 bits per heavy atom. The lowest BCUT2D eigenvalue weighted by Crippen LogP contribution is -2.27. The second-order valence-electron chi connectivity index (χ2n) is 6.62. The molecule has 0 aliphatic rings. The van der Waals surface area contributed by atoms with Crippen LogP contribution in [0.15, 0.2) is 48.5 Å². The van der Waals surface area contributed by atoms with Crippen molar-refractivity contribution >= 4 is 30.2 Å². The molecule has 0 saturated heterocycles. The highest BCUT2D eigenvalue weighted by Gasteiger charge is 2.15. The first-order valence-corrected chi connectivity index (χ1v) is 10.4. The molecule has 0 heterocycles. The molecule has 1 atom stereocenters. The smallest absolute Gasteiger partial charge is 0.329 e. The molecule has 2 rings (SSSR count). The monoisotopic (exact) mass is 417 g/mol. The topological polar surface area (TPSA) is 68.0 Å². The van der Waals surface area contributed by atoms with Gasteiger partial charge in [-0.1, -0.05) is 32.2 Å². The van der Waals surface area contributed by atoms with Crippen LogP contribution in [0.1, 0.15) is 40.0 Å². The molecule has 0 fully saturated rings. The van der Waals surface area contributed by atoms with E-state index in [4.69, 9.17) is 15.2 Å². The number of nitrogens with zero attached hydrogens (tertiary/aromatic N) is 2. The number of hydrogen-bond acceptors (Lipinski definition) is 5. The van der Waals surface area contributed by atoms with Gasteiger partial charge in [0.1, 0.15) is 11.5 Å². The Bertz CT molecular complexity index is 766. The van der Waals surface area contributed by atoms with Gasteiger partial charge in [0.15, 0.2) is 0 Å². The zero-order valence-electron chi connectivity index (χ0n) is 17.4. The molecule has 0 aliphatic heterocycles. The van der Waals surface area contributed by atoms with Gasteiger partial charge in [-0.15, -0.1) is 0 Å². The van der Waals surface area contributed by atoms with E-state index in [0.29, 0.717) is 11.4 Å². The standard InChI is InChI=1S/C22H31N3O3S/c1-4-7-11-21(27-19-14-12-17(13-15-19)24(5-2)6-3)28-20-10-8-9-18(16-20)25(29)22(23)26/h8-10,12-16,21,29H,4-7,11H2,1-3H3,(H2,23,26). The summed E-state index contributed by atoms with van der Waals surface area (Å²) in [4.78, 5) is 13.6. The summed E-state index contributed by atoms with van der Waals surface area (Å²) in [6.07, 6.45) is 2.32. The van der Waals surface area contributed by atoms with Crippen molar-refractivity contribution in [2.24, 2.45) is 5.73 Å². The van der Waals surface area contributed by atoms with Crippen LogP contribution in [-0.4, -0.2) is 25.4 Å². The fraction of sp³-hybridized carbons (Fsp3) is 0.409. The average molecular weight is 418 g/mol. The molecule has 2 aromatic carbocycles. The molecule has 158 valence electrons. The molecule has 29 heavy (non-hydrogen) atoms. The predicted molar refractivity (Wildman–Crippen MR) is 122 cm³/mol. The van der Waals surface area contributed by atoms with E-state index in [-0.39, 0.29) is 0 Å². The number of unbranched alkanes of at least 4 members (excludes halogenated alkanes) is 1. The van der Waals surface area contributed by atoms with Crippen molar-refractivity contribution in [3.8, 4) is 11.5 Å². The van der Waals surface area contributed by atoms with Crippen molar-refractivity contribution in [1.82, 2.24) is 0 Å². The number of rotatable bonds is 11. The molecular formula is C22H31N3O3S. The fourth-order valence-electron chi connectivity index (χ4n) is 2.96. The Labute approximate surface area is 179 Å². The highest BCUT2D eigenvalue weighted by Crippen LogP contribution is 2.26. The molecule has 0 spiro atoms. The maximum atomic E-state index is 11.3. The van der Waals surface area contributed by atoms with Gasteiger partial charge in [0.05, 0.1) is 5.69 Å². The summed E-state index contributed by atoms with van der Waals surface area (Å²) in [6, 6.07) is 14.4. The number of nitrogens with two attached hydrogens (primary N) is 1. The van der Waals surface area contributed by atoms with Gasteiger partial charge in [-0.2, -0.15) is 0 Å². The first-order valence-electron chi connectivity index (χ1n) is 10.0. The second-order valence-corrected chi connectivity index (χ2v) is 7.02. The van der Waals surface area contributed by atoms with E-state index in [2.05, 4.69) is 50.6 Å². The van der Waals surface area contributed by atoms with E-state index >= 15 is 0 Å². The van der Waals surface area contributed by atoms with Crippen molar-refractivity contribution < 1.29 is 14.3 Å². The number of benzene rings is 2. The molecule has 7 heteroatoms. The van der Waals surface area contributed by atoms with Crippen LogP contribution in [0.5, 0.6) is 11.5 Å². The summed E-state index contributed by atoms with van der Waals surface area (Å²) in [5.74, 6) is 1.34. The number of carbonyl (C=O) groups is 1. The van der Waals surface area contributed by atoms with Crippen LogP contribution in [0, 0.1) is 0 Å². The minimum atomic E-state index is -0.655. The Morgan fingerprint density at radius 3 is 2.24 bits per heavy atom. The van der Waals surface area contributed by atoms with Crippen LogP contribution in [-0.2, 0) is 0 Å². The lowest BCUT2D eigenvalue weighted by molar-refractivity contribution is -0.00206. The normalized spacial score (nSPS) is 11.6. The van der Waals surface area contributed by atoms with Gasteiger partial charge in [0.25, 0.3) is 0 Å². The molecule has 2 aromatic rings. The van der Waals surface area contributed by atoms with Gasteiger partial charge in [0, 0.05) is 31.3 Å². The van der Waals surface area contributed by atoms with Crippen molar-refractivity contribution in [3.05, 3.63) is 48.5 Å². The van der Waals surface area contributed by atoms with Gasteiger partial charge in [-0.25, -0.2) is 9.10 Å². The highest BCUT2D eigenvalue weighted by atomic mass is 32.1. The minimum Gasteiger partial charge on any atom is -0.455 e. The number of urea groups is 1. The number of anilines is 2. The lowest BCUT2D eigenvalue weighted by Gasteiger charge is -2.23. The molecule has 0 bridgehead atoms. The van der Waals surface area contributed by atoms with Crippen molar-refractivity contribution in [2.75, 3.05) is 22.3 Å². The molecule has 2 amide bonds. The zero-order chi connectivity index (χ0) is 21.2. The summed E-state index contributed by atoms with van der Waals surface area (Å²) in [5, 5.41) is 0. The average Bonchev–Trinajstić information content (AvgIpc) is 2.73. The number of amides is 2. The van der Waals surface area contributed by atoms with Crippen molar-refractivity contribution in [2.45, 2.75) is 46.3 Å². The van der Waals surface area contributed by atoms with Crippen molar-refractivity contribution in [1.29, 1.82) is 0 Å². The van der Waals surface area contributed by atoms with Gasteiger partial charge in [-0.05, 0) is 56.7 Å². The van der Waals surface area contributed by atoms with Gasteiger partial charge in [0.2, 0.25) is 6.29 Å². The Kier molecular flexibility index (Phi) is 8.99. The summed E-state index contributed by atoms with van der Waals surface area (Å²) < 4.78 is 13.2. The number of primary amides is 1. The van der Waals surface area contributed by atoms with E-state index in [1.54, 1.807) is 18.2 Å². The third-order valence-corrected chi connectivity index (χ3v) is 4.99. The van der Waals surface area contributed by atoms with E-state index in [1.165, 1.54) is 5.69 Å². The number of ether oxygens (including phenoxy) is 2. The molecule has 0 radical (unpaired) electrons. The summed E-state index contributed by atoms with van der Waals surface area (Å²) >= 11 is 4.10. The largest absolute Gasteiger partial charge is 0.455 e. The SMILES string of the molecule is CCCCC(Oc1ccc(N(CC)CC)cc1)Oc1cccc(N(S)C(N)=O)c1. The maximum absolute atomic E-state index is 11.3. The lowest BCUT2D eigenvalue weighted by atomic mass is 10.2. The van der Waals surface area contributed by atoms with Crippen LogP contribution < -0.4 is 24.4 Å². The third kappa shape index (κ3) is 6.78. The number of hydrogen-bond donors (Lipinski definition) is 2. The maximum Gasteiger partial charge on any atom is 0.329 e. The van der Waals surface area contributed by atoms with Crippen molar-refractivity contribution in [3.63, 3.8) is 0 Å². The van der Waals surface area contributed by atoms with E-state index in [1.807, 2.05) is 18.2 Å². The predicted octanol–water partition coefficient (Wildman–Crippen LogP) is 5.24. The van der Waals surface area contributed by atoms with Gasteiger partial charge in [-0.3, -0.25) is 0 Å². The quantitative estimate of drug-likeness (QED) is 0.388. The van der Waals surface area contributed by atoms with E-state index < -0.39 is 12.3 Å². The van der Waals surface area contributed by atoms with Crippen LogP contribution in [0.3, 0.4) is 0 Å². The molecule has 0 aliphatic carbocycles. The fourth-order valence-corrected chi connectivity index (χ4v) is 3.08. The third-order valence-electron chi connectivity index (χ3n) is 4.56. The van der Waals surface area contributed by atoms with Gasteiger partial charge >= 0.3 is 6.03 Å². The number of thiol groups is 1. The molecule has 0 saturated carbocycles. The van der Waals surface area contributed by atoms with Crippen LogP contribution >= 0.6 is 12.8 Å². The zero-order valence-corrected chi connectivity index (χ0v) is 18.3. The Balaban J connectivity index is 2.11. The highest BCUT2D eigenvalue weighted by molar-refractivity contribution is 7.82. The Hall–Kier alpha value is -2.54. The van der Waals surface area contributed by atoms with Crippen LogP contribution in [0.4, 0.5) is 16.2 Å². The number of carbonyl (C=O) groups excluding carboxylic acids is 1. The molecular weight excluding hydrogens is 386 g/mol. The second kappa shape index (κ2) is 11.5. The van der Waals surface area contributed by atoms with E-state index in [9.17, 15) is 4.79 Å². The first kappa shape index (κ1) is 22.7. The molecule has 6 nitrogen and oxygen atoms in total. The van der Waals surface area contributed by atoms with Gasteiger partial charge < -0.3 is 20.1 Å². The summed E-state index contributed by atoms with van der Waals surface area (Å²) in [7, 11) is 0. The minimum absolute atomic E-state index is 0.438. The molecule has 1 unspecified atom stereocenters.